The number of carbonyl (C=O) groups excluding carboxylic acids is 1. The number of hydrogen-bond acceptors (Lipinski definition) is 4. The third-order valence-electron chi connectivity index (χ3n) is 5.84. The molecule has 182 valence electrons. The lowest BCUT2D eigenvalue weighted by atomic mass is 10.2. The van der Waals surface area contributed by atoms with Crippen LogP contribution >= 0.6 is 11.6 Å². The van der Waals surface area contributed by atoms with Crippen LogP contribution in [0.25, 0.3) is 21.9 Å². The number of nitrogens with one attached hydrogen (secondary N) is 1. The van der Waals surface area contributed by atoms with E-state index in [1.165, 1.54) is 23.0 Å². The van der Waals surface area contributed by atoms with Crippen molar-refractivity contribution in [3.63, 3.8) is 0 Å². The molecule has 0 spiro atoms. The Morgan fingerprint density at radius 3 is 2.64 bits per heavy atom. The maximum absolute atomic E-state index is 14.1. The van der Waals surface area contributed by atoms with E-state index in [0.29, 0.717) is 39.5 Å². The SMILES string of the molecule is CCOc1ccc(NC(=O)Cn2c3ccc(F)cc3c3ncn(Cc4ccccc4Cl)c(=O)c32)cc1. The van der Waals surface area contributed by atoms with Gasteiger partial charge in [0.1, 0.15) is 29.1 Å². The van der Waals surface area contributed by atoms with Crippen molar-refractivity contribution >= 4 is 45.1 Å². The zero-order valence-electron chi connectivity index (χ0n) is 19.4. The second kappa shape index (κ2) is 9.83. The summed E-state index contributed by atoms with van der Waals surface area (Å²) in [4.78, 5) is 31.0. The first-order valence-corrected chi connectivity index (χ1v) is 11.8. The van der Waals surface area contributed by atoms with Gasteiger partial charge in [-0.2, -0.15) is 0 Å². The maximum Gasteiger partial charge on any atom is 0.278 e. The van der Waals surface area contributed by atoms with E-state index in [4.69, 9.17) is 16.3 Å². The fraction of sp³-hybridized carbons (Fsp3) is 0.148. The number of carbonyl (C=O) groups is 1. The summed E-state index contributed by atoms with van der Waals surface area (Å²) in [5.41, 5.74) is 2.07. The number of aromatic nitrogens is 3. The minimum atomic E-state index is -0.456. The van der Waals surface area contributed by atoms with Gasteiger partial charge in [0.25, 0.3) is 5.56 Å². The summed E-state index contributed by atoms with van der Waals surface area (Å²) in [6.07, 6.45) is 1.42. The molecule has 1 N–H and O–H groups in total. The van der Waals surface area contributed by atoms with Crippen molar-refractivity contribution in [1.29, 1.82) is 0 Å². The summed E-state index contributed by atoms with van der Waals surface area (Å²) in [5.74, 6) is -0.101. The topological polar surface area (TPSA) is 78.2 Å². The molecule has 0 atom stereocenters. The van der Waals surface area contributed by atoms with Gasteiger partial charge in [-0.05, 0) is 61.0 Å². The number of halogens is 2. The molecule has 0 radical (unpaired) electrons. The zero-order valence-corrected chi connectivity index (χ0v) is 20.1. The van der Waals surface area contributed by atoms with Gasteiger partial charge in [0.2, 0.25) is 5.91 Å². The van der Waals surface area contributed by atoms with E-state index in [1.54, 1.807) is 41.0 Å². The Morgan fingerprint density at radius 1 is 1.11 bits per heavy atom. The smallest absolute Gasteiger partial charge is 0.278 e. The highest BCUT2D eigenvalue weighted by molar-refractivity contribution is 6.31. The summed E-state index contributed by atoms with van der Waals surface area (Å²) in [6.45, 7) is 2.48. The molecule has 0 unspecified atom stereocenters. The standard InChI is InChI=1S/C27H22ClFN4O3/c1-2-36-20-10-8-19(9-11-20)31-24(34)15-33-23-12-7-18(29)13-21(23)25-26(33)27(35)32(16-30-25)14-17-5-3-4-6-22(17)28/h3-13,16H,2,14-15H2,1H3,(H,31,34). The van der Waals surface area contributed by atoms with E-state index in [9.17, 15) is 14.0 Å². The van der Waals surface area contributed by atoms with Crippen molar-refractivity contribution in [2.75, 3.05) is 11.9 Å². The van der Waals surface area contributed by atoms with Crippen LogP contribution in [0.4, 0.5) is 10.1 Å². The molecule has 3 aromatic carbocycles. The lowest BCUT2D eigenvalue weighted by Gasteiger charge is -2.11. The Bertz CT molecular complexity index is 1640. The maximum atomic E-state index is 14.1. The molecule has 0 aliphatic heterocycles. The van der Waals surface area contributed by atoms with Crippen LogP contribution in [0.1, 0.15) is 12.5 Å². The molecule has 2 heterocycles. The van der Waals surface area contributed by atoms with Crippen molar-refractivity contribution in [3.05, 3.63) is 99.8 Å². The van der Waals surface area contributed by atoms with Gasteiger partial charge in [0.15, 0.2) is 0 Å². The monoisotopic (exact) mass is 504 g/mol. The zero-order chi connectivity index (χ0) is 25.2. The molecule has 0 saturated carbocycles. The Hall–Kier alpha value is -4.17. The molecule has 0 bridgehead atoms. The third kappa shape index (κ3) is 4.55. The van der Waals surface area contributed by atoms with Crippen LogP contribution in [0.2, 0.25) is 5.02 Å². The van der Waals surface area contributed by atoms with Crippen LogP contribution in [0.5, 0.6) is 5.75 Å². The van der Waals surface area contributed by atoms with Gasteiger partial charge >= 0.3 is 0 Å². The Balaban J connectivity index is 1.54. The Labute approximate surface area is 210 Å². The van der Waals surface area contributed by atoms with Crippen LogP contribution in [-0.2, 0) is 17.9 Å². The minimum absolute atomic E-state index is 0.161. The largest absolute Gasteiger partial charge is 0.494 e. The second-order valence-electron chi connectivity index (χ2n) is 8.22. The van der Waals surface area contributed by atoms with Crippen LogP contribution in [0.3, 0.4) is 0 Å². The first-order valence-electron chi connectivity index (χ1n) is 11.4. The molecule has 0 aliphatic carbocycles. The Morgan fingerprint density at radius 2 is 1.89 bits per heavy atom. The molecule has 5 aromatic rings. The summed E-state index contributed by atoms with van der Waals surface area (Å²) in [7, 11) is 0. The molecule has 0 aliphatic rings. The summed E-state index contributed by atoms with van der Waals surface area (Å²) >= 11 is 6.29. The molecule has 5 rings (SSSR count). The predicted molar refractivity (Wildman–Crippen MR) is 138 cm³/mol. The average molecular weight is 505 g/mol. The predicted octanol–water partition coefficient (Wildman–Crippen LogP) is 5.23. The van der Waals surface area contributed by atoms with Crippen molar-refractivity contribution in [1.82, 2.24) is 14.1 Å². The molecule has 2 aromatic heterocycles. The fourth-order valence-corrected chi connectivity index (χ4v) is 4.40. The molecule has 0 saturated heterocycles. The van der Waals surface area contributed by atoms with Crippen molar-refractivity contribution in [2.45, 2.75) is 20.0 Å². The van der Waals surface area contributed by atoms with Crippen LogP contribution in [-0.4, -0.2) is 26.6 Å². The molecule has 36 heavy (non-hydrogen) atoms. The van der Waals surface area contributed by atoms with Crippen LogP contribution in [0, 0.1) is 5.82 Å². The average Bonchev–Trinajstić information content (AvgIpc) is 3.16. The van der Waals surface area contributed by atoms with E-state index in [2.05, 4.69) is 10.3 Å². The first-order chi connectivity index (χ1) is 17.4. The number of rotatable bonds is 7. The van der Waals surface area contributed by atoms with Gasteiger partial charge in [0.05, 0.1) is 25.0 Å². The molecule has 9 heteroatoms. The van der Waals surface area contributed by atoms with Gasteiger partial charge in [-0.25, -0.2) is 9.37 Å². The highest BCUT2D eigenvalue weighted by Crippen LogP contribution is 2.27. The lowest BCUT2D eigenvalue weighted by Crippen LogP contribution is -2.25. The summed E-state index contributed by atoms with van der Waals surface area (Å²) in [5, 5.41) is 3.82. The number of amides is 1. The number of nitrogens with zero attached hydrogens (tertiary/aromatic N) is 3. The second-order valence-corrected chi connectivity index (χ2v) is 8.63. The molecule has 1 amide bonds. The number of ether oxygens (including phenoxy) is 1. The van der Waals surface area contributed by atoms with Gasteiger partial charge in [0, 0.05) is 16.1 Å². The van der Waals surface area contributed by atoms with Crippen LogP contribution < -0.4 is 15.6 Å². The number of benzene rings is 3. The molecule has 0 fully saturated rings. The van der Waals surface area contributed by atoms with E-state index in [1.807, 2.05) is 25.1 Å². The molecular weight excluding hydrogens is 483 g/mol. The Kier molecular flexibility index (Phi) is 6.43. The molecular formula is C27H22ClFN4O3. The normalized spacial score (nSPS) is 11.2. The minimum Gasteiger partial charge on any atom is -0.494 e. The third-order valence-corrected chi connectivity index (χ3v) is 6.21. The van der Waals surface area contributed by atoms with Crippen molar-refractivity contribution in [3.8, 4) is 5.75 Å². The number of fused-ring (bicyclic) bond motifs is 3. The van der Waals surface area contributed by atoms with Crippen LogP contribution in [0.15, 0.2) is 77.9 Å². The van der Waals surface area contributed by atoms with Gasteiger partial charge in [-0.1, -0.05) is 29.8 Å². The van der Waals surface area contributed by atoms with Gasteiger partial charge < -0.3 is 14.6 Å². The number of hydrogen-bond donors (Lipinski definition) is 1. The van der Waals surface area contributed by atoms with E-state index in [-0.39, 0.29) is 30.1 Å². The van der Waals surface area contributed by atoms with Crippen molar-refractivity contribution < 1.29 is 13.9 Å². The van der Waals surface area contributed by atoms with Crippen molar-refractivity contribution in [2.24, 2.45) is 0 Å². The molecule has 7 nitrogen and oxygen atoms in total. The van der Waals surface area contributed by atoms with E-state index in [0.717, 1.165) is 5.56 Å². The highest BCUT2D eigenvalue weighted by Gasteiger charge is 2.19. The fourth-order valence-electron chi connectivity index (χ4n) is 4.20. The summed E-state index contributed by atoms with van der Waals surface area (Å²) in [6, 6.07) is 18.4. The quantitative estimate of drug-likeness (QED) is 0.329. The van der Waals surface area contributed by atoms with Gasteiger partial charge in [-0.3, -0.25) is 14.2 Å². The van der Waals surface area contributed by atoms with E-state index < -0.39 is 5.82 Å². The van der Waals surface area contributed by atoms with E-state index >= 15 is 0 Å². The first kappa shape index (κ1) is 23.6. The lowest BCUT2D eigenvalue weighted by molar-refractivity contribution is -0.116. The highest BCUT2D eigenvalue weighted by atomic mass is 35.5. The van der Waals surface area contributed by atoms with Gasteiger partial charge in [-0.15, -0.1) is 0 Å². The number of anilines is 1. The summed E-state index contributed by atoms with van der Waals surface area (Å²) < 4.78 is 22.5.